The summed E-state index contributed by atoms with van der Waals surface area (Å²) in [4.78, 5) is 31.6. The molecule has 0 unspecified atom stereocenters. The summed E-state index contributed by atoms with van der Waals surface area (Å²) < 4.78 is 0. The molecule has 10 nitrogen and oxygen atoms in total. The molecule has 180 valence electrons. The van der Waals surface area contributed by atoms with Crippen molar-refractivity contribution in [3.63, 3.8) is 0 Å². The van der Waals surface area contributed by atoms with Crippen LogP contribution >= 0.6 is 12.6 Å². The summed E-state index contributed by atoms with van der Waals surface area (Å²) >= 11 is 4.01. The molecule has 0 aliphatic heterocycles. The second kappa shape index (κ2) is 16.5. The van der Waals surface area contributed by atoms with Crippen LogP contribution in [0.2, 0.25) is 0 Å². The Morgan fingerprint density at radius 2 is 1.91 bits per heavy atom. The average molecular weight is 476 g/mol. The summed E-state index contributed by atoms with van der Waals surface area (Å²) in [5, 5.41) is 15.8. The standard InChI is InChI=1S/C22H33N7O3S/c1-25-11-18(12-26-16-33)20(23)14-29(24)10-4-2-3-5-21(31)27-13-22(32)28-19-8-6-17(15-30)7-9-19/h6-9,11-12,14,30,33H,1-5,10,13,15-16,23-24H2,(H,27,31)(H,28,32)/b18-11+,20-14-,26-12?. The summed E-state index contributed by atoms with van der Waals surface area (Å²) in [6.45, 7) is 3.79. The fourth-order valence-corrected chi connectivity index (χ4v) is 2.74. The Hall–Kier alpha value is -3.15. The first-order valence-corrected chi connectivity index (χ1v) is 11.0. The molecule has 0 bridgehead atoms. The second-order valence-electron chi connectivity index (χ2n) is 7.03. The summed E-state index contributed by atoms with van der Waals surface area (Å²) in [5.74, 6) is 5.77. The van der Waals surface area contributed by atoms with Crippen LogP contribution in [0.4, 0.5) is 5.69 Å². The molecule has 0 saturated carbocycles. The van der Waals surface area contributed by atoms with E-state index in [1.54, 1.807) is 36.7 Å². The Balaban J connectivity index is 2.25. The molecule has 1 rings (SSSR count). The highest BCUT2D eigenvalue weighted by Crippen LogP contribution is 2.09. The summed E-state index contributed by atoms with van der Waals surface area (Å²) in [6.07, 6.45) is 7.16. The number of amides is 2. The van der Waals surface area contributed by atoms with Crippen molar-refractivity contribution >= 4 is 43.1 Å². The van der Waals surface area contributed by atoms with Gasteiger partial charge in [-0.05, 0) is 37.3 Å². The molecule has 1 aromatic carbocycles. The number of thiol groups is 1. The van der Waals surface area contributed by atoms with Crippen molar-refractivity contribution in [2.24, 2.45) is 21.6 Å². The molecule has 0 aliphatic carbocycles. The zero-order valence-electron chi connectivity index (χ0n) is 18.6. The Bertz CT molecular complexity index is 854. The number of unbranched alkanes of at least 4 members (excludes halogenated alkanes) is 2. The maximum Gasteiger partial charge on any atom is 0.243 e. The van der Waals surface area contributed by atoms with E-state index in [-0.39, 0.29) is 25.0 Å². The lowest BCUT2D eigenvalue weighted by Gasteiger charge is -2.15. The predicted octanol–water partition coefficient (Wildman–Crippen LogP) is 1.31. The maximum atomic E-state index is 11.9. The lowest BCUT2D eigenvalue weighted by Crippen LogP contribution is -2.32. The summed E-state index contributed by atoms with van der Waals surface area (Å²) in [5.41, 5.74) is 8.34. The van der Waals surface area contributed by atoms with Gasteiger partial charge in [0.05, 0.1) is 24.7 Å². The van der Waals surface area contributed by atoms with Crippen molar-refractivity contribution in [3.05, 3.63) is 53.5 Å². The van der Waals surface area contributed by atoms with E-state index in [0.717, 1.165) is 18.4 Å². The normalized spacial score (nSPS) is 12.0. The number of nitrogens with zero attached hydrogens (tertiary/aromatic N) is 3. The van der Waals surface area contributed by atoms with E-state index < -0.39 is 0 Å². The molecule has 0 saturated heterocycles. The second-order valence-corrected chi connectivity index (χ2v) is 7.32. The number of nitrogens with two attached hydrogens (primary N) is 2. The molecule has 33 heavy (non-hydrogen) atoms. The first-order chi connectivity index (χ1) is 15.9. The molecule has 0 spiro atoms. The van der Waals surface area contributed by atoms with Crippen molar-refractivity contribution in [2.75, 3.05) is 24.3 Å². The Labute approximate surface area is 199 Å². The lowest BCUT2D eigenvalue weighted by molar-refractivity contribution is -0.124. The molecule has 0 radical (unpaired) electrons. The molecule has 11 heteroatoms. The number of hydrazine groups is 1. The van der Waals surface area contributed by atoms with Gasteiger partial charge in [-0.25, -0.2) is 5.84 Å². The number of allylic oxidation sites excluding steroid dienone is 1. The third-order valence-electron chi connectivity index (χ3n) is 4.37. The monoisotopic (exact) mass is 475 g/mol. The number of benzene rings is 1. The highest BCUT2D eigenvalue weighted by Gasteiger charge is 2.07. The van der Waals surface area contributed by atoms with Gasteiger partial charge in [-0.15, -0.1) is 0 Å². The number of aliphatic imine (C=N–C) groups is 2. The van der Waals surface area contributed by atoms with Gasteiger partial charge in [0.1, 0.15) is 0 Å². The molecule has 2 amide bonds. The van der Waals surface area contributed by atoms with Gasteiger partial charge in [0.25, 0.3) is 0 Å². The Morgan fingerprint density at radius 3 is 2.55 bits per heavy atom. The number of aliphatic hydroxyl groups excluding tert-OH is 1. The minimum absolute atomic E-state index is 0.0594. The first-order valence-electron chi connectivity index (χ1n) is 10.4. The van der Waals surface area contributed by atoms with Crippen molar-refractivity contribution in [1.82, 2.24) is 10.3 Å². The highest BCUT2D eigenvalue weighted by atomic mass is 32.1. The van der Waals surface area contributed by atoms with Crippen molar-refractivity contribution in [1.29, 1.82) is 0 Å². The van der Waals surface area contributed by atoms with Gasteiger partial charge in [0, 0.05) is 42.8 Å². The number of rotatable bonds is 15. The molecule has 7 N–H and O–H groups in total. The van der Waals surface area contributed by atoms with Crippen LogP contribution in [0.3, 0.4) is 0 Å². The van der Waals surface area contributed by atoms with Gasteiger partial charge in [-0.2, -0.15) is 12.6 Å². The van der Waals surface area contributed by atoms with Crippen molar-refractivity contribution in [2.45, 2.75) is 32.3 Å². The molecule has 0 fully saturated rings. The SMILES string of the molecule is C=N/C=C(C=NCS)/C(N)=C/N(N)CCCCCC(=O)NCC(=O)Nc1ccc(CO)cc1. The fraction of sp³-hybridized carbons (Fsp3) is 0.364. The molecule has 0 aromatic heterocycles. The molecular weight excluding hydrogens is 442 g/mol. The van der Waals surface area contributed by atoms with Crippen LogP contribution in [0.25, 0.3) is 0 Å². The maximum absolute atomic E-state index is 11.9. The molecule has 0 heterocycles. The number of carbonyl (C=O) groups is 2. The Morgan fingerprint density at radius 1 is 1.18 bits per heavy atom. The van der Waals surface area contributed by atoms with Gasteiger partial charge in [0.15, 0.2) is 0 Å². The lowest BCUT2D eigenvalue weighted by atomic mass is 10.2. The zero-order valence-corrected chi connectivity index (χ0v) is 19.5. The van der Waals surface area contributed by atoms with Gasteiger partial charge in [-0.1, -0.05) is 18.6 Å². The number of hydrogen-bond donors (Lipinski definition) is 6. The minimum Gasteiger partial charge on any atom is -0.397 e. The number of aliphatic hydroxyl groups is 1. The van der Waals surface area contributed by atoms with Crippen molar-refractivity contribution < 1.29 is 14.7 Å². The van der Waals surface area contributed by atoms with E-state index >= 15 is 0 Å². The van der Waals surface area contributed by atoms with E-state index in [9.17, 15) is 9.59 Å². The van der Waals surface area contributed by atoms with E-state index in [4.69, 9.17) is 16.7 Å². The minimum atomic E-state index is -0.317. The van der Waals surface area contributed by atoms with Crippen LogP contribution in [-0.4, -0.2) is 53.8 Å². The zero-order chi connectivity index (χ0) is 24.5. The van der Waals surface area contributed by atoms with Gasteiger partial charge in [-0.3, -0.25) is 19.6 Å². The Kier molecular flexibility index (Phi) is 13.9. The summed E-state index contributed by atoms with van der Waals surface area (Å²) in [6, 6.07) is 6.82. The average Bonchev–Trinajstić information content (AvgIpc) is 2.80. The first kappa shape index (κ1) is 27.9. The molecule has 0 aliphatic rings. The van der Waals surface area contributed by atoms with Gasteiger partial charge < -0.3 is 26.5 Å². The smallest absolute Gasteiger partial charge is 0.243 e. The van der Waals surface area contributed by atoms with Gasteiger partial charge >= 0.3 is 0 Å². The molecule has 0 atom stereocenters. The third kappa shape index (κ3) is 12.5. The highest BCUT2D eigenvalue weighted by molar-refractivity contribution is 7.80. The van der Waals surface area contributed by atoms with Crippen LogP contribution < -0.4 is 22.2 Å². The van der Waals surface area contributed by atoms with Crippen LogP contribution in [-0.2, 0) is 16.2 Å². The van der Waals surface area contributed by atoms with Crippen LogP contribution in [0.5, 0.6) is 0 Å². The fourth-order valence-electron chi connectivity index (χ4n) is 2.66. The summed E-state index contributed by atoms with van der Waals surface area (Å²) in [7, 11) is 0. The van der Waals surface area contributed by atoms with Gasteiger partial charge in [0.2, 0.25) is 11.8 Å². The largest absolute Gasteiger partial charge is 0.397 e. The number of anilines is 1. The topological polar surface area (TPSA) is 158 Å². The van der Waals surface area contributed by atoms with E-state index in [1.165, 1.54) is 11.2 Å². The van der Waals surface area contributed by atoms with Crippen molar-refractivity contribution in [3.8, 4) is 0 Å². The van der Waals surface area contributed by atoms with Crippen LogP contribution in [0, 0.1) is 0 Å². The predicted molar refractivity (Wildman–Crippen MR) is 136 cm³/mol. The number of nitrogens with one attached hydrogen (secondary N) is 2. The van der Waals surface area contributed by atoms with Crippen LogP contribution in [0.1, 0.15) is 31.2 Å². The van der Waals surface area contributed by atoms with E-state index in [0.29, 0.717) is 42.2 Å². The quantitative estimate of drug-likeness (QED) is 0.0560. The third-order valence-corrected chi connectivity index (χ3v) is 4.53. The molecular formula is C22H33N7O3S. The number of carbonyl (C=O) groups excluding carboxylic acids is 2. The molecule has 1 aromatic rings. The van der Waals surface area contributed by atoms with E-state index in [1.807, 2.05) is 0 Å². The number of hydrogen-bond acceptors (Lipinski definition) is 9. The van der Waals surface area contributed by atoms with Crippen LogP contribution in [0.15, 0.2) is 57.9 Å². The van der Waals surface area contributed by atoms with E-state index in [2.05, 4.69) is 40.0 Å².